The Morgan fingerprint density at radius 1 is 1.28 bits per heavy atom. The lowest BCUT2D eigenvalue weighted by Gasteiger charge is -2.28. The Morgan fingerprint density at radius 2 is 2.08 bits per heavy atom. The molecule has 9 heteroatoms. The van der Waals surface area contributed by atoms with E-state index in [1.165, 1.54) is 13.2 Å². The second kappa shape index (κ2) is 5.71. The number of H-pyrrole nitrogens is 1. The minimum absolute atomic E-state index is 0.115. The minimum Gasteiger partial charge on any atom is -0.351 e. The molecule has 3 heterocycles. The Labute approximate surface area is 144 Å². The average molecular weight is 359 g/mol. The first-order valence-electron chi connectivity index (χ1n) is 7.85. The first-order chi connectivity index (χ1) is 12.0. The molecule has 0 saturated heterocycles. The van der Waals surface area contributed by atoms with Gasteiger partial charge in [0.05, 0.1) is 25.0 Å². The van der Waals surface area contributed by atoms with Gasteiger partial charge >= 0.3 is 0 Å². The lowest BCUT2D eigenvalue weighted by Crippen LogP contribution is -2.39. The van der Waals surface area contributed by atoms with Gasteiger partial charge in [0.15, 0.2) is 0 Å². The van der Waals surface area contributed by atoms with Crippen molar-refractivity contribution >= 4 is 26.8 Å². The fourth-order valence-electron chi connectivity index (χ4n) is 3.09. The number of carbonyl (C=O) groups excluding carboxylic acids is 1. The molecule has 0 unspecified atom stereocenters. The molecule has 8 nitrogen and oxygen atoms in total. The Hall–Kier alpha value is -2.65. The van der Waals surface area contributed by atoms with Crippen LogP contribution in [0.15, 0.2) is 41.4 Å². The number of benzene rings is 1. The maximum absolute atomic E-state index is 12.8. The fourth-order valence-corrected chi connectivity index (χ4v) is 3.97. The number of aromatic amines is 1. The molecular formula is C16H17N5O3S. The van der Waals surface area contributed by atoms with E-state index in [9.17, 15) is 13.2 Å². The van der Waals surface area contributed by atoms with E-state index in [0.717, 1.165) is 10.9 Å². The van der Waals surface area contributed by atoms with Crippen LogP contribution in [0, 0.1) is 0 Å². The number of fused-ring (bicyclic) bond motifs is 2. The summed E-state index contributed by atoms with van der Waals surface area (Å²) in [7, 11) is -2.25. The van der Waals surface area contributed by atoms with Crippen LogP contribution in [0.3, 0.4) is 0 Å². The molecule has 0 bridgehead atoms. The molecule has 0 spiro atoms. The Bertz CT molecular complexity index is 1030. The van der Waals surface area contributed by atoms with Crippen LogP contribution in [0.1, 0.15) is 16.2 Å². The van der Waals surface area contributed by atoms with Crippen molar-refractivity contribution in [1.29, 1.82) is 0 Å². The lowest BCUT2D eigenvalue weighted by atomic mass is 10.2. The van der Waals surface area contributed by atoms with Crippen LogP contribution in [0.2, 0.25) is 0 Å². The van der Waals surface area contributed by atoms with Crippen molar-refractivity contribution in [2.75, 3.05) is 13.6 Å². The third kappa shape index (κ3) is 2.61. The first-order valence-corrected chi connectivity index (χ1v) is 9.33. The number of para-hydroxylation sites is 1. The van der Waals surface area contributed by atoms with E-state index in [1.54, 1.807) is 9.58 Å². The molecule has 1 aromatic carbocycles. The van der Waals surface area contributed by atoms with E-state index in [4.69, 9.17) is 0 Å². The second-order valence-electron chi connectivity index (χ2n) is 5.88. The number of carbonyl (C=O) groups is 1. The summed E-state index contributed by atoms with van der Waals surface area (Å²) in [5.41, 5.74) is 1.91. The summed E-state index contributed by atoms with van der Waals surface area (Å²) in [4.78, 5) is 17.7. The molecule has 1 amide bonds. The van der Waals surface area contributed by atoms with Crippen molar-refractivity contribution in [2.45, 2.75) is 18.0 Å². The predicted molar refractivity (Wildman–Crippen MR) is 91.5 cm³/mol. The zero-order valence-corrected chi connectivity index (χ0v) is 14.4. The average Bonchev–Trinajstić information content (AvgIpc) is 3.24. The van der Waals surface area contributed by atoms with Crippen LogP contribution in [0.5, 0.6) is 0 Å². The van der Waals surface area contributed by atoms with E-state index in [2.05, 4.69) is 14.8 Å². The van der Waals surface area contributed by atoms with Crippen molar-refractivity contribution in [3.63, 3.8) is 0 Å². The maximum Gasteiger partial charge on any atom is 0.270 e. The van der Waals surface area contributed by atoms with E-state index in [0.29, 0.717) is 24.5 Å². The van der Waals surface area contributed by atoms with Crippen LogP contribution in [-0.2, 0) is 23.1 Å². The molecular weight excluding hydrogens is 342 g/mol. The summed E-state index contributed by atoms with van der Waals surface area (Å²) in [6.07, 6.45) is 1.33. The van der Waals surface area contributed by atoms with E-state index in [1.807, 2.05) is 30.3 Å². The van der Waals surface area contributed by atoms with Gasteiger partial charge in [-0.25, -0.2) is 13.1 Å². The van der Waals surface area contributed by atoms with Crippen molar-refractivity contribution in [1.82, 2.24) is 24.4 Å². The molecule has 25 heavy (non-hydrogen) atoms. The fraction of sp³-hybridized carbons (Fsp3) is 0.250. The zero-order chi connectivity index (χ0) is 17.6. The number of nitrogens with zero attached hydrogens (tertiary/aromatic N) is 3. The molecule has 130 valence electrons. The summed E-state index contributed by atoms with van der Waals surface area (Å²) in [6, 6.07) is 9.48. The normalized spacial score (nSPS) is 14.7. The monoisotopic (exact) mass is 359 g/mol. The molecule has 2 N–H and O–H groups in total. The standard InChI is InChI=1S/C16H17N5O3S/c1-17-25(23,24)15-9-18-21-7-6-20(10-14(15)21)16(22)13-8-11-4-2-3-5-12(11)19-13/h2-5,8-9,17,19H,6-7,10H2,1H3. The molecule has 0 atom stereocenters. The van der Waals surface area contributed by atoms with Gasteiger partial charge < -0.3 is 9.88 Å². The van der Waals surface area contributed by atoms with Crippen LogP contribution >= 0.6 is 0 Å². The predicted octanol–water partition coefficient (Wildman–Crippen LogP) is 0.928. The Balaban J connectivity index is 1.66. The summed E-state index contributed by atoms with van der Waals surface area (Å²) in [5.74, 6) is -0.156. The highest BCUT2D eigenvalue weighted by atomic mass is 32.2. The smallest absolute Gasteiger partial charge is 0.270 e. The van der Waals surface area contributed by atoms with Crippen LogP contribution in [0.25, 0.3) is 10.9 Å². The van der Waals surface area contributed by atoms with Crippen LogP contribution in [0.4, 0.5) is 0 Å². The summed E-state index contributed by atoms with van der Waals surface area (Å²) in [5, 5.41) is 5.09. The first kappa shape index (κ1) is 15.9. The third-order valence-corrected chi connectivity index (χ3v) is 5.90. The minimum atomic E-state index is -3.61. The van der Waals surface area contributed by atoms with Gasteiger partial charge in [-0.3, -0.25) is 9.48 Å². The summed E-state index contributed by atoms with van der Waals surface area (Å²) >= 11 is 0. The van der Waals surface area contributed by atoms with E-state index >= 15 is 0 Å². The Kier molecular flexibility index (Phi) is 3.62. The van der Waals surface area contributed by atoms with Crippen molar-refractivity contribution in [3.8, 4) is 0 Å². The third-order valence-electron chi connectivity index (χ3n) is 4.44. The Morgan fingerprint density at radius 3 is 2.84 bits per heavy atom. The van der Waals surface area contributed by atoms with Crippen molar-refractivity contribution in [3.05, 3.63) is 47.9 Å². The number of sulfonamides is 1. The molecule has 4 rings (SSSR count). The summed E-state index contributed by atoms with van der Waals surface area (Å²) < 4.78 is 28.2. The van der Waals surface area contributed by atoms with Crippen LogP contribution in [-0.4, -0.2) is 47.6 Å². The van der Waals surface area contributed by atoms with Crippen molar-refractivity contribution < 1.29 is 13.2 Å². The number of aromatic nitrogens is 3. The molecule has 1 aliphatic heterocycles. The van der Waals surface area contributed by atoms with Gasteiger partial charge in [0.25, 0.3) is 5.91 Å². The van der Waals surface area contributed by atoms with Gasteiger partial charge in [-0.15, -0.1) is 0 Å². The number of nitrogens with one attached hydrogen (secondary N) is 2. The number of amides is 1. The van der Waals surface area contributed by atoms with Crippen LogP contribution < -0.4 is 4.72 Å². The highest BCUT2D eigenvalue weighted by Crippen LogP contribution is 2.23. The molecule has 0 aliphatic carbocycles. The van der Waals surface area contributed by atoms with Gasteiger partial charge in [0.2, 0.25) is 10.0 Å². The quantitative estimate of drug-likeness (QED) is 0.726. The molecule has 0 radical (unpaired) electrons. The number of rotatable bonds is 3. The largest absolute Gasteiger partial charge is 0.351 e. The highest BCUT2D eigenvalue weighted by molar-refractivity contribution is 7.89. The molecule has 2 aromatic heterocycles. The van der Waals surface area contributed by atoms with E-state index < -0.39 is 10.0 Å². The number of hydrogen-bond donors (Lipinski definition) is 2. The van der Waals surface area contributed by atoms with Gasteiger partial charge in [-0.1, -0.05) is 18.2 Å². The highest BCUT2D eigenvalue weighted by Gasteiger charge is 2.29. The maximum atomic E-state index is 12.8. The molecule has 0 fully saturated rings. The van der Waals surface area contributed by atoms with Gasteiger partial charge in [-0.05, 0) is 19.2 Å². The van der Waals surface area contributed by atoms with Gasteiger partial charge in [-0.2, -0.15) is 5.10 Å². The second-order valence-corrected chi connectivity index (χ2v) is 7.74. The van der Waals surface area contributed by atoms with Gasteiger partial charge in [0.1, 0.15) is 10.6 Å². The SMILES string of the molecule is CNS(=O)(=O)c1cnn2c1CN(C(=O)c1cc3ccccc3[nH]1)CC2. The molecule has 1 aliphatic rings. The topological polar surface area (TPSA) is 100 Å². The summed E-state index contributed by atoms with van der Waals surface area (Å²) in [6.45, 7) is 1.13. The van der Waals surface area contributed by atoms with Crippen molar-refractivity contribution in [2.24, 2.45) is 0 Å². The lowest BCUT2D eigenvalue weighted by molar-refractivity contribution is 0.0698. The number of hydrogen-bond acceptors (Lipinski definition) is 4. The zero-order valence-electron chi connectivity index (χ0n) is 13.6. The molecule has 0 saturated carbocycles. The van der Waals surface area contributed by atoms with E-state index in [-0.39, 0.29) is 17.3 Å². The molecule has 3 aromatic rings. The van der Waals surface area contributed by atoms with Gasteiger partial charge in [0, 0.05) is 17.4 Å².